The highest BCUT2D eigenvalue weighted by atomic mass is 16.2. The Bertz CT molecular complexity index is 542. The molecule has 0 spiro atoms. The molecular weight excluding hydrogens is 256 g/mol. The lowest BCUT2D eigenvalue weighted by molar-refractivity contribution is -0.127. The normalized spacial score (nSPS) is 18.6. The molecule has 0 aliphatic carbocycles. The van der Waals surface area contributed by atoms with Gasteiger partial charge in [-0.2, -0.15) is 0 Å². The fourth-order valence-corrected chi connectivity index (χ4v) is 2.33. The summed E-state index contributed by atoms with van der Waals surface area (Å²) in [6, 6.07) is 4.78. The first-order valence-electron chi connectivity index (χ1n) is 6.57. The number of hydrogen-bond acceptors (Lipinski definition) is 4. The maximum atomic E-state index is 12.7. The van der Waals surface area contributed by atoms with Crippen molar-refractivity contribution < 1.29 is 9.59 Å². The quantitative estimate of drug-likeness (QED) is 0.761. The summed E-state index contributed by atoms with van der Waals surface area (Å²) in [4.78, 5) is 27.8. The zero-order valence-corrected chi connectivity index (χ0v) is 12.0. The largest absolute Gasteiger partial charge is 0.399 e. The Hall–Kier alpha value is -2.24. The van der Waals surface area contributed by atoms with Crippen LogP contribution in [0.25, 0.3) is 0 Å². The van der Waals surface area contributed by atoms with Crippen molar-refractivity contribution in [2.24, 2.45) is 0 Å². The molecule has 6 heteroatoms. The second-order valence-corrected chi connectivity index (χ2v) is 5.14. The van der Waals surface area contributed by atoms with E-state index in [-0.39, 0.29) is 11.8 Å². The van der Waals surface area contributed by atoms with E-state index in [1.54, 1.807) is 24.0 Å². The lowest BCUT2D eigenvalue weighted by Gasteiger charge is -2.33. The number of benzene rings is 1. The number of carbonyl (C=O) groups is 2. The molecule has 3 N–H and O–H groups in total. The van der Waals surface area contributed by atoms with Crippen LogP contribution in [0.4, 0.5) is 11.4 Å². The third kappa shape index (κ3) is 2.54. The van der Waals surface area contributed by atoms with Gasteiger partial charge in [0.05, 0.1) is 5.56 Å². The van der Waals surface area contributed by atoms with E-state index in [2.05, 4.69) is 5.32 Å². The van der Waals surface area contributed by atoms with Gasteiger partial charge in [0.2, 0.25) is 5.91 Å². The molecule has 1 aliphatic heterocycles. The van der Waals surface area contributed by atoms with Crippen molar-refractivity contribution >= 4 is 23.2 Å². The number of piperazine rings is 1. The second-order valence-electron chi connectivity index (χ2n) is 5.14. The number of anilines is 2. The third-order valence-corrected chi connectivity index (χ3v) is 3.49. The Balaban J connectivity index is 2.37. The fraction of sp³-hybridized carbons (Fsp3) is 0.429. The van der Waals surface area contributed by atoms with E-state index < -0.39 is 6.04 Å². The molecule has 0 bridgehead atoms. The number of amides is 2. The lowest BCUT2D eigenvalue weighted by Crippen LogP contribution is -2.55. The molecule has 108 valence electrons. The van der Waals surface area contributed by atoms with Gasteiger partial charge in [-0.05, 0) is 25.1 Å². The highest BCUT2D eigenvalue weighted by molar-refractivity contribution is 6.03. The van der Waals surface area contributed by atoms with Crippen LogP contribution >= 0.6 is 0 Å². The number of rotatable bonds is 2. The summed E-state index contributed by atoms with van der Waals surface area (Å²) in [7, 11) is 3.74. The SMILES string of the molecule is CC1C(=O)NCCN1C(=O)c1cc(N)ccc1N(C)C. The van der Waals surface area contributed by atoms with Crippen LogP contribution < -0.4 is 16.0 Å². The smallest absolute Gasteiger partial charge is 0.256 e. The van der Waals surface area contributed by atoms with Crippen molar-refractivity contribution in [3.05, 3.63) is 23.8 Å². The van der Waals surface area contributed by atoms with Crippen molar-refractivity contribution in [3.63, 3.8) is 0 Å². The molecule has 1 saturated heterocycles. The topological polar surface area (TPSA) is 78.7 Å². The van der Waals surface area contributed by atoms with Gasteiger partial charge in [0.15, 0.2) is 0 Å². The third-order valence-electron chi connectivity index (χ3n) is 3.49. The number of nitrogen functional groups attached to an aromatic ring is 1. The monoisotopic (exact) mass is 276 g/mol. The summed E-state index contributed by atoms with van der Waals surface area (Å²) in [5.74, 6) is -0.289. The predicted molar refractivity (Wildman–Crippen MR) is 78.7 cm³/mol. The molecule has 20 heavy (non-hydrogen) atoms. The van der Waals surface area contributed by atoms with Crippen molar-refractivity contribution in [2.45, 2.75) is 13.0 Å². The van der Waals surface area contributed by atoms with Gasteiger partial charge in [0.25, 0.3) is 5.91 Å². The van der Waals surface area contributed by atoms with Gasteiger partial charge in [-0.15, -0.1) is 0 Å². The molecular formula is C14H20N4O2. The molecule has 0 saturated carbocycles. The Kier molecular flexibility index (Phi) is 3.83. The first-order chi connectivity index (χ1) is 9.41. The van der Waals surface area contributed by atoms with Crippen LogP contribution in [0.3, 0.4) is 0 Å². The molecule has 6 nitrogen and oxygen atoms in total. The Morgan fingerprint density at radius 2 is 2.15 bits per heavy atom. The van der Waals surface area contributed by atoms with Crippen LogP contribution in [0, 0.1) is 0 Å². The molecule has 1 aliphatic rings. The zero-order chi connectivity index (χ0) is 14.9. The lowest BCUT2D eigenvalue weighted by atomic mass is 10.1. The van der Waals surface area contributed by atoms with E-state index in [4.69, 9.17) is 5.73 Å². The first-order valence-corrected chi connectivity index (χ1v) is 6.57. The van der Waals surface area contributed by atoms with Crippen molar-refractivity contribution in [3.8, 4) is 0 Å². The summed E-state index contributed by atoms with van der Waals surface area (Å²) >= 11 is 0. The summed E-state index contributed by atoms with van der Waals surface area (Å²) in [6.45, 7) is 2.72. The van der Waals surface area contributed by atoms with E-state index in [0.29, 0.717) is 24.3 Å². The van der Waals surface area contributed by atoms with Crippen LogP contribution in [0.1, 0.15) is 17.3 Å². The molecule has 2 rings (SSSR count). The number of nitrogens with two attached hydrogens (primary N) is 1. The van der Waals surface area contributed by atoms with Gasteiger partial charge in [-0.1, -0.05) is 0 Å². The van der Waals surface area contributed by atoms with Gasteiger partial charge >= 0.3 is 0 Å². The molecule has 0 radical (unpaired) electrons. The highest BCUT2D eigenvalue weighted by Gasteiger charge is 2.31. The molecule has 1 aromatic carbocycles. The van der Waals surface area contributed by atoms with Gasteiger partial charge in [0, 0.05) is 38.6 Å². The minimum absolute atomic E-state index is 0.125. The maximum absolute atomic E-state index is 12.7. The standard InChI is InChI=1S/C14H20N4O2/c1-9-13(19)16-6-7-18(9)14(20)11-8-10(15)4-5-12(11)17(2)3/h4-5,8-9H,6-7,15H2,1-3H3,(H,16,19). The number of nitrogens with zero attached hydrogens (tertiary/aromatic N) is 2. The van der Waals surface area contributed by atoms with Crippen LogP contribution in [-0.2, 0) is 4.79 Å². The maximum Gasteiger partial charge on any atom is 0.256 e. The van der Waals surface area contributed by atoms with Crippen LogP contribution in [0.2, 0.25) is 0 Å². The van der Waals surface area contributed by atoms with Gasteiger partial charge in [-0.25, -0.2) is 0 Å². The molecule has 1 aromatic rings. The van der Waals surface area contributed by atoms with E-state index in [9.17, 15) is 9.59 Å². The van der Waals surface area contributed by atoms with E-state index in [1.807, 2.05) is 25.1 Å². The first kappa shape index (κ1) is 14.2. The molecule has 1 unspecified atom stereocenters. The van der Waals surface area contributed by atoms with Gasteiger partial charge < -0.3 is 20.9 Å². The number of nitrogens with one attached hydrogen (secondary N) is 1. The molecule has 0 aromatic heterocycles. The zero-order valence-electron chi connectivity index (χ0n) is 12.0. The summed E-state index contributed by atoms with van der Waals surface area (Å²) < 4.78 is 0. The van der Waals surface area contributed by atoms with Crippen molar-refractivity contribution in [2.75, 3.05) is 37.8 Å². The molecule has 1 heterocycles. The Morgan fingerprint density at radius 1 is 1.45 bits per heavy atom. The second kappa shape index (κ2) is 5.40. The minimum Gasteiger partial charge on any atom is -0.399 e. The van der Waals surface area contributed by atoms with E-state index in [0.717, 1.165) is 5.69 Å². The van der Waals surface area contributed by atoms with Gasteiger partial charge in [-0.3, -0.25) is 9.59 Å². The van der Waals surface area contributed by atoms with Crippen LogP contribution in [0.15, 0.2) is 18.2 Å². The fourth-order valence-electron chi connectivity index (χ4n) is 2.33. The van der Waals surface area contributed by atoms with Crippen LogP contribution in [0.5, 0.6) is 0 Å². The average Bonchev–Trinajstić information content (AvgIpc) is 2.40. The van der Waals surface area contributed by atoms with E-state index in [1.165, 1.54) is 0 Å². The molecule has 1 atom stereocenters. The summed E-state index contributed by atoms with van der Waals surface area (Å²) in [5, 5.41) is 2.75. The average molecular weight is 276 g/mol. The van der Waals surface area contributed by atoms with Crippen molar-refractivity contribution in [1.29, 1.82) is 0 Å². The minimum atomic E-state index is -0.465. The molecule has 1 fully saturated rings. The van der Waals surface area contributed by atoms with E-state index >= 15 is 0 Å². The van der Waals surface area contributed by atoms with Crippen LogP contribution in [-0.4, -0.2) is 49.9 Å². The van der Waals surface area contributed by atoms with Gasteiger partial charge in [0.1, 0.15) is 6.04 Å². The molecule has 2 amide bonds. The number of carbonyl (C=O) groups excluding carboxylic acids is 2. The Morgan fingerprint density at radius 3 is 2.80 bits per heavy atom. The predicted octanol–water partition coefficient (Wildman–Crippen LogP) is 0.295. The summed E-state index contributed by atoms with van der Waals surface area (Å²) in [6.07, 6.45) is 0. The number of hydrogen-bond donors (Lipinski definition) is 2. The Labute approximate surface area is 118 Å². The van der Waals surface area contributed by atoms with Crippen molar-refractivity contribution in [1.82, 2.24) is 10.2 Å². The highest BCUT2D eigenvalue weighted by Crippen LogP contribution is 2.24. The summed E-state index contributed by atoms with van der Waals surface area (Å²) in [5.41, 5.74) is 7.64.